The van der Waals surface area contributed by atoms with Gasteiger partial charge >= 0.3 is 0 Å². The summed E-state index contributed by atoms with van der Waals surface area (Å²) in [7, 11) is 1.92. The van der Waals surface area contributed by atoms with E-state index in [0.717, 1.165) is 17.1 Å². The van der Waals surface area contributed by atoms with Crippen molar-refractivity contribution in [3.05, 3.63) is 23.8 Å². The maximum absolute atomic E-state index is 12.4. The van der Waals surface area contributed by atoms with Crippen LogP contribution in [0.3, 0.4) is 0 Å². The van der Waals surface area contributed by atoms with E-state index in [1.807, 2.05) is 35.0 Å². The molecular weight excluding hydrogens is 310 g/mol. The van der Waals surface area contributed by atoms with Crippen LogP contribution in [0.1, 0.15) is 12.5 Å². The minimum absolute atomic E-state index is 0.0713. The molecule has 0 radical (unpaired) electrons. The van der Waals surface area contributed by atoms with Crippen LogP contribution in [-0.2, 0) is 16.1 Å². The molecule has 0 saturated carbocycles. The summed E-state index contributed by atoms with van der Waals surface area (Å²) in [4.78, 5) is 29.3. The predicted octanol–water partition coefficient (Wildman–Crippen LogP) is 0.538. The van der Waals surface area contributed by atoms with Crippen molar-refractivity contribution in [1.29, 1.82) is 0 Å². The van der Waals surface area contributed by atoms with Crippen molar-refractivity contribution < 1.29 is 19.1 Å². The summed E-state index contributed by atoms with van der Waals surface area (Å²) in [6.07, 6.45) is 0. The molecular formula is C17H23N3O4. The highest BCUT2D eigenvalue weighted by atomic mass is 16.7. The van der Waals surface area contributed by atoms with Gasteiger partial charge in [0.2, 0.25) is 18.6 Å². The van der Waals surface area contributed by atoms with Gasteiger partial charge in [-0.25, -0.2) is 0 Å². The Bertz CT molecular complexity index is 626. The fraction of sp³-hybridized carbons (Fsp3) is 0.529. The Morgan fingerprint density at radius 2 is 1.75 bits per heavy atom. The Hall–Kier alpha value is -2.28. The molecule has 1 aromatic carbocycles. The Morgan fingerprint density at radius 1 is 1.08 bits per heavy atom. The Labute approximate surface area is 141 Å². The summed E-state index contributed by atoms with van der Waals surface area (Å²) in [6, 6.07) is 5.84. The number of piperazine rings is 1. The van der Waals surface area contributed by atoms with Crippen molar-refractivity contribution in [2.24, 2.45) is 0 Å². The Morgan fingerprint density at radius 3 is 2.46 bits per heavy atom. The molecule has 7 heteroatoms. The normalized spacial score (nSPS) is 16.6. The van der Waals surface area contributed by atoms with Crippen molar-refractivity contribution in [3.8, 4) is 11.5 Å². The third-order valence-electron chi connectivity index (χ3n) is 4.37. The summed E-state index contributed by atoms with van der Waals surface area (Å²) in [6.45, 7) is 5.30. The number of carbonyl (C=O) groups is 2. The van der Waals surface area contributed by atoms with Gasteiger partial charge < -0.3 is 19.3 Å². The molecule has 1 aromatic rings. The van der Waals surface area contributed by atoms with Gasteiger partial charge in [-0.1, -0.05) is 6.07 Å². The smallest absolute Gasteiger partial charge is 0.236 e. The van der Waals surface area contributed by atoms with E-state index in [2.05, 4.69) is 0 Å². The molecule has 2 aliphatic heterocycles. The summed E-state index contributed by atoms with van der Waals surface area (Å²) < 4.78 is 10.7. The molecule has 2 aliphatic rings. The van der Waals surface area contributed by atoms with Crippen molar-refractivity contribution in [2.45, 2.75) is 13.5 Å². The summed E-state index contributed by atoms with van der Waals surface area (Å²) >= 11 is 0. The van der Waals surface area contributed by atoms with Crippen LogP contribution in [-0.4, -0.2) is 73.1 Å². The zero-order chi connectivity index (χ0) is 17.1. The second kappa shape index (κ2) is 7.09. The molecule has 1 fully saturated rings. The number of amides is 2. The van der Waals surface area contributed by atoms with Crippen molar-refractivity contribution in [1.82, 2.24) is 14.7 Å². The van der Waals surface area contributed by atoms with E-state index in [0.29, 0.717) is 39.3 Å². The monoisotopic (exact) mass is 333 g/mol. The summed E-state index contributed by atoms with van der Waals surface area (Å²) in [5, 5.41) is 0. The first-order chi connectivity index (χ1) is 11.5. The third kappa shape index (κ3) is 3.79. The average Bonchev–Trinajstić information content (AvgIpc) is 3.02. The van der Waals surface area contributed by atoms with Crippen LogP contribution in [0, 0.1) is 0 Å². The summed E-state index contributed by atoms with van der Waals surface area (Å²) in [5.41, 5.74) is 1.08. The van der Waals surface area contributed by atoms with Crippen molar-refractivity contribution in [3.63, 3.8) is 0 Å². The molecule has 0 unspecified atom stereocenters. The van der Waals surface area contributed by atoms with Crippen LogP contribution >= 0.6 is 0 Å². The SMILES string of the molecule is CC(=O)N1CCN(C(=O)CN(C)Cc2ccc3c(c2)OCO3)CC1. The zero-order valence-electron chi connectivity index (χ0n) is 14.2. The molecule has 130 valence electrons. The van der Waals surface area contributed by atoms with Gasteiger partial charge in [-0.3, -0.25) is 14.5 Å². The van der Waals surface area contributed by atoms with Gasteiger partial charge in [-0.2, -0.15) is 0 Å². The average molecular weight is 333 g/mol. The highest BCUT2D eigenvalue weighted by Crippen LogP contribution is 2.32. The van der Waals surface area contributed by atoms with E-state index in [1.165, 1.54) is 0 Å². The number of likely N-dealkylation sites (N-methyl/N-ethyl adjacent to an activating group) is 1. The van der Waals surface area contributed by atoms with Crippen molar-refractivity contribution >= 4 is 11.8 Å². The van der Waals surface area contributed by atoms with Gasteiger partial charge in [0.25, 0.3) is 0 Å². The van der Waals surface area contributed by atoms with Crippen LogP contribution in [0.15, 0.2) is 18.2 Å². The molecule has 0 bridgehead atoms. The van der Waals surface area contributed by atoms with Gasteiger partial charge in [-0.05, 0) is 24.7 Å². The largest absolute Gasteiger partial charge is 0.454 e. The lowest BCUT2D eigenvalue weighted by Gasteiger charge is -2.35. The van der Waals surface area contributed by atoms with E-state index in [9.17, 15) is 9.59 Å². The van der Waals surface area contributed by atoms with Crippen LogP contribution in [0.2, 0.25) is 0 Å². The van der Waals surface area contributed by atoms with Gasteiger partial charge in [-0.15, -0.1) is 0 Å². The van der Waals surface area contributed by atoms with Gasteiger partial charge in [0.1, 0.15) is 0 Å². The van der Waals surface area contributed by atoms with Crippen LogP contribution in [0.4, 0.5) is 0 Å². The van der Waals surface area contributed by atoms with E-state index >= 15 is 0 Å². The first kappa shape index (κ1) is 16.6. The molecule has 0 aromatic heterocycles. The number of benzene rings is 1. The molecule has 3 rings (SSSR count). The van der Waals surface area contributed by atoms with E-state index < -0.39 is 0 Å². The molecule has 0 aliphatic carbocycles. The van der Waals surface area contributed by atoms with Gasteiger partial charge in [0.15, 0.2) is 11.5 Å². The lowest BCUT2D eigenvalue weighted by molar-refractivity contribution is -0.139. The van der Waals surface area contributed by atoms with E-state index in [4.69, 9.17) is 9.47 Å². The first-order valence-electron chi connectivity index (χ1n) is 8.13. The second-order valence-electron chi connectivity index (χ2n) is 6.25. The molecule has 1 saturated heterocycles. The van der Waals surface area contributed by atoms with Crippen molar-refractivity contribution in [2.75, 3.05) is 46.6 Å². The Kier molecular flexibility index (Phi) is 4.89. The molecule has 2 amide bonds. The van der Waals surface area contributed by atoms with E-state index in [-0.39, 0.29) is 18.6 Å². The molecule has 0 spiro atoms. The molecule has 0 N–H and O–H groups in total. The minimum Gasteiger partial charge on any atom is -0.454 e. The van der Waals surface area contributed by atoms with Crippen LogP contribution in [0.5, 0.6) is 11.5 Å². The lowest BCUT2D eigenvalue weighted by atomic mass is 10.2. The second-order valence-corrected chi connectivity index (χ2v) is 6.25. The predicted molar refractivity (Wildman–Crippen MR) is 87.7 cm³/mol. The topological polar surface area (TPSA) is 62.3 Å². The number of fused-ring (bicyclic) bond motifs is 1. The zero-order valence-corrected chi connectivity index (χ0v) is 14.2. The van der Waals surface area contributed by atoms with Gasteiger partial charge in [0.05, 0.1) is 6.54 Å². The lowest BCUT2D eigenvalue weighted by Crippen LogP contribution is -2.51. The fourth-order valence-electron chi connectivity index (χ4n) is 3.01. The molecule has 7 nitrogen and oxygen atoms in total. The number of hydrogen-bond donors (Lipinski definition) is 0. The quantitative estimate of drug-likeness (QED) is 0.805. The number of ether oxygens (including phenoxy) is 2. The maximum atomic E-state index is 12.4. The van der Waals surface area contributed by atoms with E-state index in [1.54, 1.807) is 11.8 Å². The molecule has 24 heavy (non-hydrogen) atoms. The standard InChI is InChI=1S/C17H23N3O4/c1-13(21)19-5-7-20(8-6-19)17(22)11-18(2)10-14-3-4-15-16(9-14)24-12-23-15/h3-4,9H,5-8,10-12H2,1-2H3. The molecule has 2 heterocycles. The minimum atomic E-state index is 0.0713. The van der Waals surface area contributed by atoms with Gasteiger partial charge in [0, 0.05) is 39.6 Å². The number of rotatable bonds is 4. The number of carbonyl (C=O) groups excluding carboxylic acids is 2. The highest BCUT2D eigenvalue weighted by Gasteiger charge is 2.23. The maximum Gasteiger partial charge on any atom is 0.236 e. The molecule has 0 atom stereocenters. The summed E-state index contributed by atoms with van der Waals surface area (Å²) in [5.74, 6) is 1.69. The number of nitrogens with zero attached hydrogens (tertiary/aromatic N) is 3. The first-order valence-corrected chi connectivity index (χ1v) is 8.13. The van der Waals surface area contributed by atoms with Crippen LogP contribution in [0.25, 0.3) is 0 Å². The van der Waals surface area contributed by atoms with Crippen LogP contribution < -0.4 is 9.47 Å². The number of hydrogen-bond acceptors (Lipinski definition) is 5. The third-order valence-corrected chi connectivity index (χ3v) is 4.37. The Balaban J connectivity index is 1.49. The highest BCUT2D eigenvalue weighted by molar-refractivity contribution is 5.79. The fourth-order valence-corrected chi connectivity index (χ4v) is 3.01.